The number of H-pyrrole nitrogens is 1. The van der Waals surface area contributed by atoms with Crippen molar-refractivity contribution in [3.05, 3.63) is 42.2 Å². The Balaban J connectivity index is 1.49. The number of anilines is 1. The van der Waals surface area contributed by atoms with Gasteiger partial charge in [-0.3, -0.25) is 4.79 Å². The van der Waals surface area contributed by atoms with Crippen molar-refractivity contribution in [3.63, 3.8) is 0 Å². The molecule has 6 nitrogen and oxygen atoms in total. The third kappa shape index (κ3) is 3.49. The first-order chi connectivity index (χ1) is 14.6. The topological polar surface area (TPSA) is 73.9 Å². The predicted molar refractivity (Wildman–Crippen MR) is 120 cm³/mol. The molecule has 1 aliphatic heterocycles. The highest BCUT2D eigenvalue weighted by molar-refractivity contribution is 6.08. The maximum absolute atomic E-state index is 13.4. The van der Waals surface area contributed by atoms with Crippen LogP contribution in [0.25, 0.3) is 22.4 Å². The minimum atomic E-state index is -0.284. The molecule has 2 fully saturated rings. The number of benzene rings is 1. The fraction of sp³-hybridized carbons (Fsp3) is 0.458. The second-order valence-corrected chi connectivity index (χ2v) is 8.89. The van der Waals surface area contributed by atoms with Gasteiger partial charge in [-0.2, -0.15) is 0 Å². The van der Waals surface area contributed by atoms with E-state index in [9.17, 15) is 4.79 Å². The highest BCUT2D eigenvalue weighted by Crippen LogP contribution is 2.39. The Morgan fingerprint density at radius 1 is 1.13 bits per heavy atom. The molecule has 2 aliphatic rings. The molecule has 1 saturated carbocycles. The maximum atomic E-state index is 13.4. The van der Waals surface area contributed by atoms with Crippen LogP contribution < -0.4 is 10.2 Å². The lowest BCUT2D eigenvalue weighted by Crippen LogP contribution is -2.43. The molecule has 0 unspecified atom stereocenters. The number of carbonyl (C=O) groups excluding carboxylic acids is 1. The molecule has 0 spiro atoms. The number of ketones is 1. The summed E-state index contributed by atoms with van der Waals surface area (Å²) in [6, 6.07) is 8.47. The van der Waals surface area contributed by atoms with Crippen LogP contribution in [0.1, 0.15) is 49.4 Å². The summed E-state index contributed by atoms with van der Waals surface area (Å²) in [7, 11) is 0. The zero-order valence-electron chi connectivity index (χ0n) is 17.6. The Labute approximate surface area is 177 Å². The standard InChI is InChI=1S/C24H29N5O/c1-24(8-3-2-4-9-24)22(30)19-15-26-23-21(19)28-20(16-27-23)17-6-5-7-18(14-17)29-12-10-25-11-13-29/h5-7,14-16,25H,2-4,8-13H2,1H3,(H,26,27). The number of hydrogen-bond donors (Lipinski definition) is 2. The molecule has 156 valence electrons. The quantitative estimate of drug-likeness (QED) is 0.639. The summed E-state index contributed by atoms with van der Waals surface area (Å²) in [5, 5.41) is 3.40. The van der Waals surface area contributed by atoms with Crippen LogP contribution in [0, 0.1) is 5.41 Å². The summed E-state index contributed by atoms with van der Waals surface area (Å²) in [4.78, 5) is 28.4. The Morgan fingerprint density at radius 3 is 2.73 bits per heavy atom. The summed E-state index contributed by atoms with van der Waals surface area (Å²) >= 11 is 0. The van der Waals surface area contributed by atoms with Crippen molar-refractivity contribution in [2.75, 3.05) is 31.1 Å². The number of nitrogens with zero attached hydrogens (tertiary/aromatic N) is 3. The van der Waals surface area contributed by atoms with Crippen molar-refractivity contribution < 1.29 is 4.79 Å². The highest BCUT2D eigenvalue weighted by atomic mass is 16.1. The van der Waals surface area contributed by atoms with Gasteiger partial charge in [0.1, 0.15) is 5.52 Å². The average molecular weight is 404 g/mol. The van der Waals surface area contributed by atoms with Crippen LogP contribution in [0.3, 0.4) is 0 Å². The van der Waals surface area contributed by atoms with Crippen LogP contribution >= 0.6 is 0 Å². The molecule has 0 bridgehead atoms. The van der Waals surface area contributed by atoms with Crippen molar-refractivity contribution in [3.8, 4) is 11.3 Å². The lowest BCUT2D eigenvalue weighted by Gasteiger charge is -2.31. The van der Waals surface area contributed by atoms with Gasteiger partial charge in [0.05, 0.1) is 17.5 Å². The number of fused-ring (bicyclic) bond motifs is 1. The van der Waals surface area contributed by atoms with Gasteiger partial charge in [0.2, 0.25) is 0 Å². The van der Waals surface area contributed by atoms with Gasteiger partial charge in [0.15, 0.2) is 11.4 Å². The Morgan fingerprint density at radius 2 is 1.93 bits per heavy atom. The van der Waals surface area contributed by atoms with Crippen molar-refractivity contribution >= 4 is 22.6 Å². The lowest BCUT2D eigenvalue weighted by molar-refractivity contribution is 0.0751. The molecule has 3 aromatic rings. The second kappa shape index (κ2) is 7.84. The normalized spacial score (nSPS) is 19.2. The first-order valence-corrected chi connectivity index (χ1v) is 11.1. The average Bonchev–Trinajstić information content (AvgIpc) is 3.23. The minimum Gasteiger partial charge on any atom is -0.369 e. The number of aromatic nitrogens is 3. The first kappa shape index (κ1) is 19.2. The van der Waals surface area contributed by atoms with Crippen molar-refractivity contribution in [2.24, 2.45) is 5.41 Å². The van der Waals surface area contributed by atoms with Crippen molar-refractivity contribution in [1.82, 2.24) is 20.3 Å². The summed E-state index contributed by atoms with van der Waals surface area (Å²) in [6.45, 7) is 6.13. The van der Waals surface area contributed by atoms with E-state index in [0.29, 0.717) is 16.7 Å². The van der Waals surface area contributed by atoms with E-state index in [2.05, 4.69) is 51.4 Å². The summed E-state index contributed by atoms with van der Waals surface area (Å²) < 4.78 is 0. The fourth-order valence-corrected chi connectivity index (χ4v) is 4.87. The molecular weight excluding hydrogens is 374 g/mol. The number of aromatic amines is 1. The van der Waals surface area contributed by atoms with Gasteiger partial charge in [-0.05, 0) is 25.0 Å². The summed E-state index contributed by atoms with van der Waals surface area (Å²) in [5.41, 5.74) is 4.81. The number of rotatable bonds is 4. The van der Waals surface area contributed by atoms with Crippen LogP contribution in [0.5, 0.6) is 0 Å². The van der Waals surface area contributed by atoms with Gasteiger partial charge < -0.3 is 15.2 Å². The molecule has 6 heteroatoms. The number of hydrogen-bond acceptors (Lipinski definition) is 5. The van der Waals surface area contributed by atoms with E-state index in [1.165, 1.54) is 12.1 Å². The summed E-state index contributed by atoms with van der Waals surface area (Å²) in [6.07, 6.45) is 8.99. The maximum Gasteiger partial charge on any atom is 0.172 e. The van der Waals surface area contributed by atoms with Gasteiger partial charge in [-0.25, -0.2) is 9.97 Å². The van der Waals surface area contributed by atoms with Crippen LogP contribution in [0.15, 0.2) is 36.7 Å². The molecule has 1 saturated heterocycles. The van der Waals surface area contributed by atoms with E-state index < -0.39 is 0 Å². The molecule has 0 atom stereocenters. The Bertz CT molecular complexity index is 1060. The van der Waals surface area contributed by atoms with Gasteiger partial charge >= 0.3 is 0 Å². The minimum absolute atomic E-state index is 0.203. The van der Waals surface area contributed by atoms with E-state index in [0.717, 1.165) is 63.1 Å². The van der Waals surface area contributed by atoms with E-state index in [-0.39, 0.29) is 11.2 Å². The molecule has 1 aromatic carbocycles. The van der Waals surface area contributed by atoms with Crippen LogP contribution in [-0.4, -0.2) is 46.9 Å². The smallest absolute Gasteiger partial charge is 0.172 e. The third-order valence-corrected chi connectivity index (χ3v) is 6.75. The van der Waals surface area contributed by atoms with Gasteiger partial charge in [0, 0.05) is 49.0 Å². The highest BCUT2D eigenvalue weighted by Gasteiger charge is 2.36. The van der Waals surface area contributed by atoms with E-state index >= 15 is 0 Å². The molecule has 3 heterocycles. The molecule has 30 heavy (non-hydrogen) atoms. The Kier molecular flexibility index (Phi) is 5.03. The van der Waals surface area contributed by atoms with E-state index in [4.69, 9.17) is 4.98 Å². The SMILES string of the molecule is CC1(C(=O)c2c[nH]c3ncc(-c4cccc(N5CCNCC5)c4)nc23)CCCCC1. The number of Topliss-reactive ketones (excluding diaryl/α,β-unsaturated/α-hetero) is 1. The van der Waals surface area contributed by atoms with Gasteiger partial charge in [0.25, 0.3) is 0 Å². The molecule has 0 amide bonds. The monoisotopic (exact) mass is 403 g/mol. The van der Waals surface area contributed by atoms with E-state index in [1.54, 1.807) is 12.4 Å². The van der Waals surface area contributed by atoms with Crippen molar-refractivity contribution in [2.45, 2.75) is 39.0 Å². The zero-order chi connectivity index (χ0) is 20.6. The molecule has 5 rings (SSSR count). The fourth-order valence-electron chi connectivity index (χ4n) is 4.87. The number of nitrogens with one attached hydrogen (secondary N) is 2. The van der Waals surface area contributed by atoms with Gasteiger partial charge in [-0.15, -0.1) is 0 Å². The van der Waals surface area contributed by atoms with E-state index in [1.807, 2.05) is 0 Å². The molecular formula is C24H29N5O. The molecule has 2 aromatic heterocycles. The van der Waals surface area contributed by atoms with Crippen LogP contribution in [0.2, 0.25) is 0 Å². The van der Waals surface area contributed by atoms with Crippen LogP contribution in [-0.2, 0) is 0 Å². The van der Waals surface area contributed by atoms with Crippen LogP contribution in [0.4, 0.5) is 5.69 Å². The summed E-state index contributed by atoms with van der Waals surface area (Å²) in [5.74, 6) is 0.203. The van der Waals surface area contributed by atoms with Crippen molar-refractivity contribution in [1.29, 1.82) is 0 Å². The molecule has 0 radical (unpaired) electrons. The molecule has 2 N–H and O–H groups in total. The Hall–Kier alpha value is -2.73. The first-order valence-electron chi connectivity index (χ1n) is 11.1. The number of carbonyl (C=O) groups is 1. The zero-order valence-corrected chi connectivity index (χ0v) is 17.6. The second-order valence-electron chi connectivity index (χ2n) is 8.89. The van der Waals surface area contributed by atoms with Gasteiger partial charge in [-0.1, -0.05) is 38.3 Å². The predicted octanol–water partition coefficient (Wildman–Crippen LogP) is 4.19. The number of piperazine rings is 1. The largest absolute Gasteiger partial charge is 0.369 e. The third-order valence-electron chi connectivity index (χ3n) is 6.75. The molecule has 1 aliphatic carbocycles. The lowest BCUT2D eigenvalue weighted by atomic mass is 9.71.